The van der Waals surface area contributed by atoms with Crippen LogP contribution in [-0.4, -0.2) is 45.7 Å². The zero-order chi connectivity index (χ0) is 17.3. The maximum absolute atomic E-state index is 12.4. The number of rotatable bonds is 4. The lowest BCUT2D eigenvalue weighted by atomic mass is 9.96. The molecule has 1 fully saturated rings. The second-order valence-corrected chi connectivity index (χ2v) is 8.83. The fourth-order valence-electron chi connectivity index (χ4n) is 3.29. The van der Waals surface area contributed by atoms with Gasteiger partial charge in [-0.05, 0) is 30.9 Å². The zero-order valence-electron chi connectivity index (χ0n) is 13.9. The molecule has 3 rings (SSSR count). The van der Waals surface area contributed by atoms with Gasteiger partial charge >= 0.3 is 5.97 Å². The maximum atomic E-state index is 12.4. The first-order valence-electron chi connectivity index (χ1n) is 8.06. The Morgan fingerprint density at radius 3 is 2.75 bits per heavy atom. The van der Waals surface area contributed by atoms with Gasteiger partial charge in [-0.3, -0.25) is 4.79 Å². The highest BCUT2D eigenvalue weighted by atomic mass is 32.2. The third-order valence-electron chi connectivity index (χ3n) is 4.74. The molecule has 3 atom stereocenters. The summed E-state index contributed by atoms with van der Waals surface area (Å²) >= 11 is 0. The van der Waals surface area contributed by atoms with Crippen LogP contribution in [0, 0.1) is 5.92 Å². The van der Waals surface area contributed by atoms with Gasteiger partial charge in [-0.1, -0.05) is 6.07 Å². The molecule has 0 unspecified atom stereocenters. The number of carbonyl (C=O) groups is 1. The predicted octanol–water partition coefficient (Wildman–Crippen LogP) is 1.76. The summed E-state index contributed by atoms with van der Waals surface area (Å²) in [5.41, 5.74) is 0.949. The largest absolute Gasteiger partial charge is 0.497 e. The van der Waals surface area contributed by atoms with Crippen LogP contribution in [0.15, 0.2) is 18.2 Å². The molecule has 0 amide bonds. The lowest BCUT2D eigenvalue weighted by molar-refractivity contribution is -0.155. The van der Waals surface area contributed by atoms with Gasteiger partial charge in [-0.25, -0.2) is 8.42 Å². The van der Waals surface area contributed by atoms with Crippen molar-refractivity contribution in [3.05, 3.63) is 23.8 Å². The van der Waals surface area contributed by atoms with Crippen LogP contribution in [0.3, 0.4) is 0 Å². The van der Waals surface area contributed by atoms with Crippen molar-refractivity contribution in [2.75, 3.05) is 20.0 Å². The summed E-state index contributed by atoms with van der Waals surface area (Å²) in [5.74, 6) is 0.780. The molecule has 0 aromatic heterocycles. The van der Waals surface area contributed by atoms with Crippen LogP contribution in [0.1, 0.15) is 24.8 Å². The van der Waals surface area contributed by atoms with Crippen LogP contribution in [0.5, 0.6) is 11.5 Å². The van der Waals surface area contributed by atoms with Gasteiger partial charge in [-0.15, -0.1) is 0 Å². The molecule has 1 heterocycles. The van der Waals surface area contributed by atoms with E-state index in [1.807, 2.05) is 18.2 Å². The Morgan fingerprint density at radius 2 is 2.08 bits per heavy atom. The number of esters is 1. The highest BCUT2D eigenvalue weighted by Gasteiger charge is 2.36. The van der Waals surface area contributed by atoms with E-state index >= 15 is 0 Å². The molecule has 0 radical (unpaired) electrons. The molecule has 1 aromatic rings. The molecule has 132 valence electrons. The fourth-order valence-corrected chi connectivity index (χ4v) is 4.42. The first kappa shape index (κ1) is 17.1. The minimum absolute atomic E-state index is 0.265. The number of fused-ring (bicyclic) bond motifs is 1. The lowest BCUT2D eigenvalue weighted by Gasteiger charge is -2.25. The summed E-state index contributed by atoms with van der Waals surface area (Å²) < 4.78 is 39.5. The van der Waals surface area contributed by atoms with Crippen molar-refractivity contribution in [3.8, 4) is 11.5 Å². The summed E-state index contributed by atoms with van der Waals surface area (Å²) in [5, 5.41) is -0.397. The van der Waals surface area contributed by atoms with Gasteiger partial charge in [0.05, 0.1) is 18.3 Å². The number of carbonyl (C=O) groups excluding carboxylic acids is 1. The van der Waals surface area contributed by atoms with Crippen LogP contribution < -0.4 is 9.47 Å². The van der Waals surface area contributed by atoms with Crippen molar-refractivity contribution in [1.29, 1.82) is 0 Å². The van der Waals surface area contributed by atoms with E-state index in [9.17, 15) is 13.2 Å². The molecular weight excluding hydrogens is 332 g/mol. The van der Waals surface area contributed by atoms with Gasteiger partial charge in [-0.2, -0.15) is 0 Å². The standard InChI is InChI=1S/C17H22O6S/c1-21-13-4-3-11-7-12(10-22-16(11)9-13)17(18)23-14-5-6-15(8-14)24(2,19)20/h3-4,9,12,14-15H,5-8,10H2,1-2H3/t12-,14+,15+/m1/s1. The third kappa shape index (κ3) is 3.66. The molecule has 0 N–H and O–H groups in total. The highest BCUT2D eigenvalue weighted by Crippen LogP contribution is 2.33. The average molecular weight is 354 g/mol. The van der Waals surface area contributed by atoms with Gasteiger partial charge in [0.2, 0.25) is 0 Å². The van der Waals surface area contributed by atoms with E-state index in [4.69, 9.17) is 14.2 Å². The average Bonchev–Trinajstić information content (AvgIpc) is 3.02. The molecule has 1 aromatic carbocycles. The number of sulfone groups is 1. The molecule has 2 aliphatic rings. The lowest BCUT2D eigenvalue weighted by Crippen LogP contribution is -2.32. The first-order chi connectivity index (χ1) is 11.4. The van der Waals surface area contributed by atoms with Crippen LogP contribution in [-0.2, 0) is 25.8 Å². The SMILES string of the molecule is COc1ccc2c(c1)OC[C@H](C(=O)O[C@H]1CC[C@H](S(C)(=O)=O)C1)C2. The number of hydrogen-bond donors (Lipinski definition) is 0. The minimum atomic E-state index is -3.07. The Balaban J connectivity index is 1.59. The Morgan fingerprint density at radius 1 is 1.29 bits per heavy atom. The topological polar surface area (TPSA) is 78.9 Å². The van der Waals surface area contributed by atoms with Gasteiger partial charge in [0.1, 0.15) is 34.0 Å². The Hall–Kier alpha value is -1.76. The summed E-state index contributed by atoms with van der Waals surface area (Å²) in [6.07, 6.45) is 3.04. The summed E-state index contributed by atoms with van der Waals surface area (Å²) in [7, 11) is -1.48. The van der Waals surface area contributed by atoms with Crippen molar-refractivity contribution in [2.24, 2.45) is 5.92 Å². The van der Waals surface area contributed by atoms with Crippen LogP contribution in [0.4, 0.5) is 0 Å². The van der Waals surface area contributed by atoms with Crippen LogP contribution in [0.2, 0.25) is 0 Å². The minimum Gasteiger partial charge on any atom is -0.497 e. The van der Waals surface area contributed by atoms with E-state index in [-0.39, 0.29) is 24.6 Å². The molecule has 0 saturated heterocycles. The molecule has 0 bridgehead atoms. The quantitative estimate of drug-likeness (QED) is 0.767. The molecule has 7 heteroatoms. The van der Waals surface area contributed by atoms with Gasteiger partial charge in [0.25, 0.3) is 0 Å². The van der Waals surface area contributed by atoms with Gasteiger partial charge in [0, 0.05) is 18.7 Å². The number of hydrogen-bond acceptors (Lipinski definition) is 6. The first-order valence-corrected chi connectivity index (χ1v) is 10.0. The molecule has 1 aliphatic carbocycles. The highest BCUT2D eigenvalue weighted by molar-refractivity contribution is 7.91. The van der Waals surface area contributed by atoms with Gasteiger partial charge < -0.3 is 14.2 Å². The monoisotopic (exact) mass is 354 g/mol. The molecule has 0 spiro atoms. The van der Waals surface area contributed by atoms with E-state index in [1.165, 1.54) is 6.26 Å². The maximum Gasteiger partial charge on any atom is 0.313 e. The number of methoxy groups -OCH3 is 1. The summed E-state index contributed by atoms with van der Waals surface area (Å²) in [6.45, 7) is 0.265. The van der Waals surface area contributed by atoms with E-state index in [2.05, 4.69) is 0 Å². The predicted molar refractivity (Wildman–Crippen MR) is 88.0 cm³/mol. The van der Waals surface area contributed by atoms with Crippen LogP contribution in [0.25, 0.3) is 0 Å². The molecule has 24 heavy (non-hydrogen) atoms. The van der Waals surface area contributed by atoms with Gasteiger partial charge in [0.15, 0.2) is 0 Å². The van der Waals surface area contributed by atoms with E-state index < -0.39 is 15.1 Å². The number of benzene rings is 1. The van der Waals surface area contributed by atoms with E-state index in [1.54, 1.807) is 7.11 Å². The molecular formula is C17H22O6S. The second-order valence-electron chi connectivity index (χ2n) is 6.51. The van der Waals surface area contributed by atoms with Crippen molar-refractivity contribution in [2.45, 2.75) is 37.0 Å². The second kappa shape index (κ2) is 6.63. The molecule has 1 saturated carbocycles. The van der Waals surface area contributed by atoms with Crippen molar-refractivity contribution < 1.29 is 27.4 Å². The van der Waals surface area contributed by atoms with E-state index in [0.717, 1.165) is 11.3 Å². The fraction of sp³-hybridized carbons (Fsp3) is 0.588. The summed E-state index contributed by atoms with van der Waals surface area (Å²) in [4.78, 5) is 12.4. The summed E-state index contributed by atoms with van der Waals surface area (Å²) in [6, 6.07) is 5.54. The van der Waals surface area contributed by atoms with E-state index in [0.29, 0.717) is 31.4 Å². The zero-order valence-corrected chi connectivity index (χ0v) is 14.7. The van der Waals surface area contributed by atoms with Crippen molar-refractivity contribution in [1.82, 2.24) is 0 Å². The molecule has 6 nitrogen and oxygen atoms in total. The Labute approximate surface area is 142 Å². The third-order valence-corrected chi connectivity index (χ3v) is 6.38. The normalized spacial score (nSPS) is 26.3. The smallest absolute Gasteiger partial charge is 0.313 e. The van der Waals surface area contributed by atoms with Crippen molar-refractivity contribution in [3.63, 3.8) is 0 Å². The Bertz CT molecular complexity index is 727. The van der Waals surface area contributed by atoms with Crippen LogP contribution >= 0.6 is 0 Å². The number of ether oxygens (including phenoxy) is 3. The molecule has 1 aliphatic heterocycles. The van der Waals surface area contributed by atoms with Crippen molar-refractivity contribution >= 4 is 15.8 Å². The Kier molecular flexibility index (Phi) is 4.71.